The summed E-state index contributed by atoms with van der Waals surface area (Å²) >= 11 is 0. The number of pyridine rings is 1. The second-order valence-corrected chi connectivity index (χ2v) is 7.18. The van der Waals surface area contributed by atoms with Gasteiger partial charge in [0.05, 0.1) is 17.8 Å². The van der Waals surface area contributed by atoms with Gasteiger partial charge in [0.1, 0.15) is 0 Å². The summed E-state index contributed by atoms with van der Waals surface area (Å²) in [5.74, 6) is 0.118. The van der Waals surface area contributed by atoms with Crippen molar-refractivity contribution in [1.82, 2.24) is 14.5 Å². The van der Waals surface area contributed by atoms with Gasteiger partial charge >= 0.3 is 0 Å². The first-order valence-corrected chi connectivity index (χ1v) is 8.49. The van der Waals surface area contributed by atoms with E-state index in [9.17, 15) is 4.79 Å². The highest BCUT2D eigenvalue weighted by molar-refractivity contribution is 5.96. The maximum absolute atomic E-state index is 12.9. The summed E-state index contributed by atoms with van der Waals surface area (Å²) in [6.45, 7) is 9.05. The third kappa shape index (κ3) is 4.40. The van der Waals surface area contributed by atoms with Crippen LogP contribution in [0.15, 0.2) is 30.5 Å². The van der Waals surface area contributed by atoms with E-state index in [1.54, 1.807) is 6.20 Å². The summed E-state index contributed by atoms with van der Waals surface area (Å²) in [4.78, 5) is 19.3. The molecule has 3 heterocycles. The Morgan fingerprint density at radius 1 is 1.31 bits per heavy atom. The first kappa shape index (κ1) is 22.5. The van der Waals surface area contributed by atoms with Crippen LogP contribution in [0.4, 0.5) is 0 Å². The number of nitrogens with two attached hydrogens (primary N) is 1. The number of likely N-dealkylation sites (tertiary alicyclic amines) is 1. The quantitative estimate of drug-likeness (QED) is 0.859. The van der Waals surface area contributed by atoms with Crippen LogP contribution in [0.5, 0.6) is 0 Å². The van der Waals surface area contributed by atoms with Crippen LogP contribution in [0.25, 0.3) is 0 Å². The first-order chi connectivity index (χ1) is 11.4. The van der Waals surface area contributed by atoms with E-state index in [1.165, 1.54) is 0 Å². The van der Waals surface area contributed by atoms with Crippen LogP contribution in [0, 0.1) is 19.3 Å². The third-order valence-corrected chi connectivity index (χ3v) is 5.19. The molecular weight excluding hydrogens is 371 g/mol. The number of aryl methyl sites for hydroxylation is 1. The van der Waals surface area contributed by atoms with Crippen LogP contribution in [0.3, 0.4) is 0 Å². The van der Waals surface area contributed by atoms with E-state index in [0.29, 0.717) is 13.1 Å². The lowest BCUT2D eigenvalue weighted by molar-refractivity contribution is 0.0776. The monoisotopic (exact) mass is 398 g/mol. The molecular formula is C19H28Cl2N4O. The molecule has 0 saturated carbocycles. The first-order valence-electron chi connectivity index (χ1n) is 8.49. The maximum atomic E-state index is 12.9. The van der Waals surface area contributed by atoms with Crippen LogP contribution in [0.1, 0.15) is 40.8 Å². The molecule has 26 heavy (non-hydrogen) atoms. The molecule has 1 fully saturated rings. The fourth-order valence-electron chi connectivity index (χ4n) is 3.45. The Labute approximate surface area is 167 Å². The number of halogens is 2. The molecule has 0 aromatic carbocycles. The molecule has 1 aliphatic rings. The number of carbonyl (C=O) groups excluding carboxylic acids is 1. The zero-order valence-corrected chi connectivity index (χ0v) is 17.2. The minimum absolute atomic E-state index is 0. The standard InChI is InChI=1S/C19H26N4O.2ClH/c1-14-10-17(18(24)22-9-7-19(3,12-20)13-22)15(2)23(14)11-16-6-4-5-8-21-16;;/h4-6,8,10H,7,9,11-13,20H2,1-3H3;2*1H. The number of hydrogen-bond donors (Lipinski definition) is 1. The number of rotatable bonds is 4. The highest BCUT2D eigenvalue weighted by atomic mass is 35.5. The lowest BCUT2D eigenvalue weighted by atomic mass is 9.90. The SMILES string of the molecule is Cc1cc(C(=O)N2CCC(C)(CN)C2)c(C)n1Cc1ccccn1.Cl.Cl. The van der Waals surface area contributed by atoms with Crippen molar-refractivity contribution in [1.29, 1.82) is 0 Å². The van der Waals surface area contributed by atoms with Gasteiger partial charge in [0.2, 0.25) is 0 Å². The molecule has 2 aromatic rings. The highest BCUT2D eigenvalue weighted by Gasteiger charge is 2.36. The normalized spacial score (nSPS) is 19.0. The summed E-state index contributed by atoms with van der Waals surface area (Å²) in [6, 6.07) is 7.91. The lowest BCUT2D eigenvalue weighted by Gasteiger charge is -2.22. The molecule has 0 aliphatic carbocycles. The van der Waals surface area contributed by atoms with Gasteiger partial charge in [0.25, 0.3) is 5.91 Å². The van der Waals surface area contributed by atoms with E-state index in [-0.39, 0.29) is 36.1 Å². The average Bonchev–Trinajstić information content (AvgIpc) is 3.11. The maximum Gasteiger partial charge on any atom is 0.255 e. The minimum Gasteiger partial charge on any atom is -0.342 e. The van der Waals surface area contributed by atoms with Crippen LogP contribution >= 0.6 is 24.8 Å². The summed E-state index contributed by atoms with van der Waals surface area (Å²) in [6.07, 6.45) is 2.77. The van der Waals surface area contributed by atoms with Gasteiger partial charge in [0.15, 0.2) is 0 Å². The molecule has 2 aromatic heterocycles. The van der Waals surface area contributed by atoms with E-state index in [2.05, 4.69) is 16.5 Å². The van der Waals surface area contributed by atoms with Crippen LogP contribution in [-0.4, -0.2) is 40.0 Å². The van der Waals surface area contributed by atoms with Gasteiger partial charge in [0, 0.05) is 30.7 Å². The van der Waals surface area contributed by atoms with E-state index in [4.69, 9.17) is 5.73 Å². The molecule has 3 rings (SSSR count). The summed E-state index contributed by atoms with van der Waals surface area (Å²) < 4.78 is 2.16. The van der Waals surface area contributed by atoms with Crippen LogP contribution in [-0.2, 0) is 6.54 Å². The van der Waals surface area contributed by atoms with Crippen LogP contribution in [0.2, 0.25) is 0 Å². The Hall–Kier alpha value is -1.56. The van der Waals surface area contributed by atoms with Crippen molar-refractivity contribution < 1.29 is 4.79 Å². The molecule has 1 saturated heterocycles. The van der Waals surface area contributed by atoms with Crippen LogP contribution < -0.4 is 5.73 Å². The van der Waals surface area contributed by atoms with E-state index in [0.717, 1.165) is 42.2 Å². The molecule has 0 bridgehead atoms. The van der Waals surface area contributed by atoms with Gasteiger partial charge in [-0.05, 0) is 50.4 Å². The number of aromatic nitrogens is 2. The fourth-order valence-corrected chi connectivity index (χ4v) is 3.45. The topological polar surface area (TPSA) is 64.2 Å². The molecule has 1 amide bonds. The largest absolute Gasteiger partial charge is 0.342 e. The second kappa shape index (κ2) is 8.89. The van der Waals surface area contributed by atoms with Gasteiger partial charge in [-0.3, -0.25) is 9.78 Å². The predicted molar refractivity (Wildman–Crippen MR) is 109 cm³/mol. The van der Waals surface area contributed by atoms with Crippen molar-refractivity contribution in [2.24, 2.45) is 11.1 Å². The molecule has 144 valence electrons. The van der Waals surface area contributed by atoms with Crippen molar-refractivity contribution in [3.05, 3.63) is 53.1 Å². The molecule has 1 unspecified atom stereocenters. The Morgan fingerprint density at radius 2 is 2.04 bits per heavy atom. The molecule has 1 atom stereocenters. The Morgan fingerprint density at radius 3 is 2.62 bits per heavy atom. The van der Waals surface area contributed by atoms with E-state index in [1.807, 2.05) is 43.0 Å². The predicted octanol–water partition coefficient (Wildman–Crippen LogP) is 3.20. The molecule has 2 N–H and O–H groups in total. The Balaban J connectivity index is 0.00000169. The van der Waals surface area contributed by atoms with Crippen molar-refractivity contribution in [3.63, 3.8) is 0 Å². The smallest absolute Gasteiger partial charge is 0.255 e. The van der Waals surface area contributed by atoms with Crippen molar-refractivity contribution >= 4 is 30.7 Å². The van der Waals surface area contributed by atoms with E-state index >= 15 is 0 Å². The van der Waals surface area contributed by atoms with Gasteiger partial charge in [-0.25, -0.2) is 0 Å². The number of amides is 1. The minimum atomic E-state index is 0. The van der Waals surface area contributed by atoms with E-state index < -0.39 is 0 Å². The second-order valence-electron chi connectivity index (χ2n) is 7.18. The van der Waals surface area contributed by atoms with Crippen molar-refractivity contribution in [3.8, 4) is 0 Å². The molecule has 0 radical (unpaired) electrons. The number of nitrogens with zero attached hydrogens (tertiary/aromatic N) is 3. The lowest BCUT2D eigenvalue weighted by Crippen LogP contribution is -2.34. The Kier molecular flexibility index (Phi) is 7.69. The average molecular weight is 399 g/mol. The molecule has 0 spiro atoms. The number of hydrogen-bond acceptors (Lipinski definition) is 3. The van der Waals surface area contributed by atoms with Gasteiger partial charge in [-0.1, -0.05) is 13.0 Å². The molecule has 7 heteroatoms. The summed E-state index contributed by atoms with van der Waals surface area (Å²) in [5.41, 5.74) is 9.80. The van der Waals surface area contributed by atoms with Crippen molar-refractivity contribution in [2.75, 3.05) is 19.6 Å². The molecule has 1 aliphatic heterocycles. The molecule has 5 nitrogen and oxygen atoms in total. The summed E-state index contributed by atoms with van der Waals surface area (Å²) in [5, 5.41) is 0. The zero-order valence-electron chi connectivity index (χ0n) is 15.6. The fraction of sp³-hybridized carbons (Fsp3) is 0.474. The summed E-state index contributed by atoms with van der Waals surface area (Å²) in [7, 11) is 0. The van der Waals surface area contributed by atoms with Gasteiger partial charge < -0.3 is 15.2 Å². The Bertz CT molecular complexity index is 747. The van der Waals surface area contributed by atoms with Gasteiger partial charge in [-0.15, -0.1) is 24.8 Å². The highest BCUT2D eigenvalue weighted by Crippen LogP contribution is 2.30. The zero-order chi connectivity index (χ0) is 17.3. The number of carbonyl (C=O) groups is 1. The van der Waals surface area contributed by atoms with Crippen molar-refractivity contribution in [2.45, 2.75) is 33.7 Å². The van der Waals surface area contributed by atoms with Gasteiger partial charge in [-0.2, -0.15) is 0 Å². The third-order valence-electron chi connectivity index (χ3n) is 5.19.